The zero-order valence-corrected chi connectivity index (χ0v) is 14.8. The topological polar surface area (TPSA) is 12.5 Å². The van der Waals surface area contributed by atoms with Crippen LogP contribution >= 0.6 is 23.2 Å². The molecule has 2 rings (SSSR count). The van der Waals surface area contributed by atoms with Gasteiger partial charge in [-0.05, 0) is 69.4 Å². The zero-order chi connectivity index (χ0) is 16.8. The van der Waals surface area contributed by atoms with Gasteiger partial charge in [0.1, 0.15) is 18.2 Å². The van der Waals surface area contributed by atoms with Crippen LogP contribution in [0.15, 0.2) is 36.4 Å². The van der Waals surface area contributed by atoms with Crippen molar-refractivity contribution >= 4 is 23.2 Å². The molecule has 0 spiro atoms. The second-order valence-electron chi connectivity index (χ2n) is 5.65. The number of aryl methyl sites for hydroxylation is 1. The number of ether oxygens (including phenoxy) is 1. The molecule has 0 bridgehead atoms. The predicted octanol–water partition coefficient (Wildman–Crippen LogP) is 5.21. The second kappa shape index (κ2) is 8.53. The molecule has 0 aliphatic carbocycles. The highest BCUT2D eigenvalue weighted by molar-refractivity contribution is 6.31. The van der Waals surface area contributed by atoms with Crippen molar-refractivity contribution in [3.05, 3.63) is 63.4 Å². The van der Waals surface area contributed by atoms with E-state index in [0.29, 0.717) is 21.4 Å². The molecule has 5 heteroatoms. The van der Waals surface area contributed by atoms with Crippen molar-refractivity contribution in [2.45, 2.75) is 19.4 Å². The zero-order valence-electron chi connectivity index (χ0n) is 13.3. The van der Waals surface area contributed by atoms with Crippen LogP contribution in [-0.2, 0) is 13.0 Å². The van der Waals surface area contributed by atoms with Crippen LogP contribution in [0, 0.1) is 5.82 Å². The first-order chi connectivity index (χ1) is 11.0. The molecule has 23 heavy (non-hydrogen) atoms. The average Bonchev–Trinajstić information content (AvgIpc) is 2.48. The Morgan fingerprint density at radius 1 is 1.13 bits per heavy atom. The van der Waals surface area contributed by atoms with Crippen molar-refractivity contribution in [3.63, 3.8) is 0 Å². The molecule has 0 saturated heterocycles. The lowest BCUT2D eigenvalue weighted by molar-refractivity contribution is 0.296. The molecule has 0 aliphatic rings. The van der Waals surface area contributed by atoms with Gasteiger partial charge >= 0.3 is 0 Å². The summed E-state index contributed by atoms with van der Waals surface area (Å²) in [5.41, 5.74) is 1.38. The number of nitrogens with zero attached hydrogens (tertiary/aromatic N) is 1. The lowest BCUT2D eigenvalue weighted by atomic mass is 10.1. The van der Waals surface area contributed by atoms with Gasteiger partial charge in [0.2, 0.25) is 0 Å². The standard InChI is InChI=1S/C18H20Cl2FNO/c1-22(2)10-4-5-13-11-14(19)8-9-18(13)23-12-15-16(20)6-3-7-17(15)21/h3,6-9,11H,4-5,10,12H2,1-2H3. The predicted molar refractivity (Wildman–Crippen MR) is 94.1 cm³/mol. The van der Waals surface area contributed by atoms with E-state index in [-0.39, 0.29) is 12.4 Å². The number of halogens is 3. The lowest BCUT2D eigenvalue weighted by Gasteiger charge is -2.14. The summed E-state index contributed by atoms with van der Waals surface area (Å²) in [6.07, 6.45) is 1.84. The smallest absolute Gasteiger partial charge is 0.131 e. The minimum absolute atomic E-state index is 0.0911. The second-order valence-corrected chi connectivity index (χ2v) is 6.49. The first kappa shape index (κ1) is 18.1. The normalized spacial score (nSPS) is 11.0. The van der Waals surface area contributed by atoms with Gasteiger partial charge in [-0.2, -0.15) is 0 Å². The van der Waals surface area contributed by atoms with Crippen LogP contribution in [-0.4, -0.2) is 25.5 Å². The van der Waals surface area contributed by atoms with Crippen molar-refractivity contribution in [1.29, 1.82) is 0 Å². The van der Waals surface area contributed by atoms with E-state index in [1.165, 1.54) is 6.07 Å². The molecule has 0 N–H and O–H groups in total. The third-order valence-electron chi connectivity index (χ3n) is 3.51. The van der Waals surface area contributed by atoms with Crippen molar-refractivity contribution in [1.82, 2.24) is 4.90 Å². The third kappa shape index (κ3) is 5.38. The molecule has 0 aromatic heterocycles. The molecule has 0 unspecified atom stereocenters. The van der Waals surface area contributed by atoms with Crippen LogP contribution in [0.5, 0.6) is 5.75 Å². The van der Waals surface area contributed by atoms with Crippen LogP contribution < -0.4 is 4.74 Å². The van der Waals surface area contributed by atoms with Crippen LogP contribution in [0.3, 0.4) is 0 Å². The van der Waals surface area contributed by atoms with Gasteiger partial charge in [0, 0.05) is 10.6 Å². The average molecular weight is 356 g/mol. The van der Waals surface area contributed by atoms with E-state index in [4.69, 9.17) is 27.9 Å². The summed E-state index contributed by atoms with van der Waals surface area (Å²) in [6.45, 7) is 1.07. The van der Waals surface area contributed by atoms with Gasteiger partial charge in [0.15, 0.2) is 0 Å². The summed E-state index contributed by atoms with van der Waals surface area (Å²) < 4.78 is 19.6. The molecule has 0 amide bonds. The minimum atomic E-state index is -0.361. The third-order valence-corrected chi connectivity index (χ3v) is 4.10. The Morgan fingerprint density at radius 2 is 1.91 bits per heavy atom. The van der Waals surface area contributed by atoms with E-state index in [1.54, 1.807) is 18.2 Å². The molecule has 2 aromatic rings. The fourth-order valence-electron chi connectivity index (χ4n) is 2.29. The van der Waals surface area contributed by atoms with Gasteiger partial charge in [0.05, 0.1) is 5.02 Å². The highest BCUT2D eigenvalue weighted by Gasteiger charge is 2.10. The highest BCUT2D eigenvalue weighted by atomic mass is 35.5. The summed E-state index contributed by atoms with van der Waals surface area (Å²) in [6, 6.07) is 10.1. The first-order valence-electron chi connectivity index (χ1n) is 7.46. The number of rotatable bonds is 7. The summed E-state index contributed by atoms with van der Waals surface area (Å²) in [4.78, 5) is 2.13. The fraction of sp³-hybridized carbons (Fsp3) is 0.333. The van der Waals surface area contributed by atoms with E-state index in [0.717, 1.165) is 24.9 Å². The quantitative estimate of drug-likeness (QED) is 0.676. The molecular weight excluding hydrogens is 336 g/mol. The number of hydrogen-bond donors (Lipinski definition) is 0. The minimum Gasteiger partial charge on any atom is -0.488 e. The Hall–Kier alpha value is -1.29. The molecular formula is C18H20Cl2FNO. The molecule has 0 atom stereocenters. The van der Waals surface area contributed by atoms with Crippen molar-refractivity contribution in [2.24, 2.45) is 0 Å². The number of hydrogen-bond acceptors (Lipinski definition) is 2. The van der Waals surface area contributed by atoms with Gasteiger partial charge in [-0.3, -0.25) is 0 Å². The van der Waals surface area contributed by atoms with Crippen molar-refractivity contribution in [2.75, 3.05) is 20.6 Å². The molecule has 0 fully saturated rings. The molecule has 0 aliphatic heterocycles. The van der Waals surface area contributed by atoms with E-state index in [9.17, 15) is 4.39 Å². The Balaban J connectivity index is 2.10. The highest BCUT2D eigenvalue weighted by Crippen LogP contribution is 2.27. The van der Waals surface area contributed by atoms with Gasteiger partial charge in [-0.25, -0.2) is 4.39 Å². The first-order valence-corrected chi connectivity index (χ1v) is 8.22. The van der Waals surface area contributed by atoms with Crippen LogP contribution in [0.4, 0.5) is 4.39 Å². The maximum Gasteiger partial charge on any atom is 0.131 e. The van der Waals surface area contributed by atoms with Gasteiger partial charge < -0.3 is 9.64 Å². The lowest BCUT2D eigenvalue weighted by Crippen LogP contribution is -2.13. The number of benzene rings is 2. The maximum absolute atomic E-state index is 13.8. The SMILES string of the molecule is CN(C)CCCc1cc(Cl)ccc1OCc1c(F)cccc1Cl. The van der Waals surface area contributed by atoms with E-state index in [2.05, 4.69) is 4.90 Å². The van der Waals surface area contributed by atoms with Crippen LogP contribution in [0.25, 0.3) is 0 Å². The molecule has 0 radical (unpaired) electrons. The van der Waals surface area contributed by atoms with Gasteiger partial charge in [0.25, 0.3) is 0 Å². The Bertz CT molecular complexity index is 641. The van der Waals surface area contributed by atoms with E-state index >= 15 is 0 Å². The molecule has 0 saturated carbocycles. The monoisotopic (exact) mass is 355 g/mol. The maximum atomic E-state index is 13.8. The Kier molecular flexibility index (Phi) is 6.70. The van der Waals surface area contributed by atoms with E-state index in [1.807, 2.05) is 26.2 Å². The van der Waals surface area contributed by atoms with Crippen molar-refractivity contribution < 1.29 is 9.13 Å². The van der Waals surface area contributed by atoms with Gasteiger partial charge in [-0.15, -0.1) is 0 Å². The molecule has 2 aromatic carbocycles. The van der Waals surface area contributed by atoms with Gasteiger partial charge in [-0.1, -0.05) is 29.3 Å². The largest absolute Gasteiger partial charge is 0.488 e. The fourth-order valence-corrected chi connectivity index (χ4v) is 2.70. The van der Waals surface area contributed by atoms with Crippen LogP contribution in [0.2, 0.25) is 10.0 Å². The molecule has 0 heterocycles. The Labute approximate surface area is 146 Å². The summed E-state index contributed by atoms with van der Waals surface area (Å²) in [5.74, 6) is 0.355. The molecule has 124 valence electrons. The summed E-state index contributed by atoms with van der Waals surface area (Å²) >= 11 is 12.1. The van der Waals surface area contributed by atoms with Crippen molar-refractivity contribution in [3.8, 4) is 5.75 Å². The summed E-state index contributed by atoms with van der Waals surface area (Å²) in [5, 5.41) is 1.04. The summed E-state index contributed by atoms with van der Waals surface area (Å²) in [7, 11) is 4.07. The van der Waals surface area contributed by atoms with Crippen LogP contribution in [0.1, 0.15) is 17.5 Å². The molecule has 2 nitrogen and oxygen atoms in total. The Morgan fingerprint density at radius 3 is 2.61 bits per heavy atom. The van der Waals surface area contributed by atoms with E-state index < -0.39 is 0 Å².